The standard InChI is InChI=1S/C14H16N4O3S/c1-20-12-13(16-6-5-15-12)21-10-4-7-18(9-10)14(19)17-11-3-2-8-22-11/h2-3,5-6,8,10H,4,7,9H2,1H3,(H,17,19)/t10-/m0/s1. The fourth-order valence-corrected chi connectivity index (χ4v) is 2.84. The first-order valence-corrected chi connectivity index (χ1v) is 7.75. The molecule has 1 saturated heterocycles. The van der Waals surface area contributed by atoms with Crippen molar-refractivity contribution >= 4 is 22.4 Å². The summed E-state index contributed by atoms with van der Waals surface area (Å²) in [7, 11) is 1.52. The number of likely N-dealkylation sites (tertiary alicyclic amines) is 1. The molecular weight excluding hydrogens is 304 g/mol. The maximum absolute atomic E-state index is 12.1. The van der Waals surface area contributed by atoms with Crippen molar-refractivity contribution in [2.75, 3.05) is 25.5 Å². The SMILES string of the molecule is COc1nccnc1O[C@H]1CCN(C(=O)Nc2cccs2)C1. The van der Waals surface area contributed by atoms with Crippen LogP contribution >= 0.6 is 11.3 Å². The van der Waals surface area contributed by atoms with Gasteiger partial charge in [0.05, 0.1) is 18.7 Å². The number of hydrogen-bond donors (Lipinski definition) is 1. The Morgan fingerprint density at radius 3 is 2.95 bits per heavy atom. The van der Waals surface area contributed by atoms with E-state index < -0.39 is 0 Å². The number of thiophene rings is 1. The van der Waals surface area contributed by atoms with Gasteiger partial charge >= 0.3 is 6.03 Å². The Balaban J connectivity index is 1.57. The zero-order valence-corrected chi connectivity index (χ0v) is 12.9. The van der Waals surface area contributed by atoms with Crippen LogP contribution in [-0.2, 0) is 0 Å². The van der Waals surface area contributed by atoms with Crippen LogP contribution in [0.2, 0.25) is 0 Å². The molecular formula is C14H16N4O3S. The van der Waals surface area contributed by atoms with E-state index in [2.05, 4.69) is 15.3 Å². The van der Waals surface area contributed by atoms with E-state index in [9.17, 15) is 4.79 Å². The second-order valence-electron chi connectivity index (χ2n) is 4.75. The lowest BCUT2D eigenvalue weighted by atomic mass is 10.3. The van der Waals surface area contributed by atoms with Gasteiger partial charge in [0.25, 0.3) is 11.8 Å². The van der Waals surface area contributed by atoms with E-state index in [1.54, 1.807) is 17.3 Å². The summed E-state index contributed by atoms with van der Waals surface area (Å²) in [5, 5.41) is 5.63. The highest BCUT2D eigenvalue weighted by atomic mass is 32.1. The molecule has 3 rings (SSSR count). The quantitative estimate of drug-likeness (QED) is 0.935. The Labute approximate surface area is 131 Å². The summed E-state index contributed by atoms with van der Waals surface area (Å²) in [6.07, 6.45) is 3.73. The Hall–Kier alpha value is -2.35. The lowest BCUT2D eigenvalue weighted by Gasteiger charge is -2.17. The number of nitrogens with zero attached hydrogens (tertiary/aromatic N) is 3. The third-order valence-electron chi connectivity index (χ3n) is 3.29. The molecule has 0 aliphatic carbocycles. The van der Waals surface area contributed by atoms with Crippen LogP contribution in [0, 0.1) is 0 Å². The van der Waals surface area contributed by atoms with Gasteiger partial charge in [0.1, 0.15) is 6.10 Å². The second-order valence-corrected chi connectivity index (χ2v) is 5.70. The number of carbonyl (C=O) groups is 1. The van der Waals surface area contributed by atoms with Gasteiger partial charge in [-0.2, -0.15) is 0 Å². The van der Waals surface area contributed by atoms with Crippen LogP contribution in [0.3, 0.4) is 0 Å². The minimum absolute atomic E-state index is 0.111. The van der Waals surface area contributed by atoms with Gasteiger partial charge in [-0.05, 0) is 17.5 Å². The largest absolute Gasteiger partial charge is 0.477 e. The number of nitrogens with one attached hydrogen (secondary N) is 1. The average molecular weight is 320 g/mol. The number of amides is 2. The summed E-state index contributed by atoms with van der Waals surface area (Å²) in [4.78, 5) is 22.0. The molecule has 0 aromatic carbocycles. The van der Waals surface area contributed by atoms with E-state index in [1.165, 1.54) is 18.4 Å². The summed E-state index contributed by atoms with van der Waals surface area (Å²) in [6.45, 7) is 1.15. The normalized spacial score (nSPS) is 17.3. The van der Waals surface area contributed by atoms with E-state index in [0.29, 0.717) is 24.8 Å². The molecule has 0 saturated carbocycles. The Morgan fingerprint density at radius 2 is 2.23 bits per heavy atom. The van der Waals surface area contributed by atoms with Gasteiger partial charge in [-0.1, -0.05) is 0 Å². The van der Waals surface area contributed by atoms with Gasteiger partial charge in [-0.15, -0.1) is 11.3 Å². The number of hydrogen-bond acceptors (Lipinski definition) is 6. The number of anilines is 1. The highest BCUT2D eigenvalue weighted by Gasteiger charge is 2.29. The van der Waals surface area contributed by atoms with Crippen LogP contribution in [-0.4, -0.2) is 47.2 Å². The molecule has 0 unspecified atom stereocenters. The smallest absolute Gasteiger partial charge is 0.322 e. The van der Waals surface area contributed by atoms with Crippen molar-refractivity contribution in [3.05, 3.63) is 29.9 Å². The highest BCUT2D eigenvalue weighted by molar-refractivity contribution is 7.14. The van der Waals surface area contributed by atoms with Crippen molar-refractivity contribution in [1.82, 2.24) is 14.9 Å². The molecule has 0 bridgehead atoms. The van der Waals surface area contributed by atoms with Crippen LogP contribution in [0.1, 0.15) is 6.42 Å². The number of carbonyl (C=O) groups excluding carboxylic acids is 1. The van der Waals surface area contributed by atoms with E-state index in [1.807, 2.05) is 17.5 Å². The molecule has 1 N–H and O–H groups in total. The number of methoxy groups -OCH3 is 1. The molecule has 2 aromatic rings. The van der Waals surface area contributed by atoms with Gasteiger partial charge in [-0.25, -0.2) is 14.8 Å². The molecule has 1 atom stereocenters. The number of rotatable bonds is 4. The van der Waals surface area contributed by atoms with Crippen LogP contribution in [0.4, 0.5) is 9.80 Å². The third-order valence-corrected chi connectivity index (χ3v) is 4.07. The van der Waals surface area contributed by atoms with Crippen molar-refractivity contribution in [2.24, 2.45) is 0 Å². The first-order chi connectivity index (χ1) is 10.8. The molecule has 0 radical (unpaired) electrons. The van der Waals surface area contributed by atoms with Gasteiger partial charge in [0, 0.05) is 25.4 Å². The molecule has 116 valence electrons. The summed E-state index contributed by atoms with van der Waals surface area (Å²) >= 11 is 1.49. The van der Waals surface area contributed by atoms with Crippen molar-refractivity contribution in [2.45, 2.75) is 12.5 Å². The van der Waals surface area contributed by atoms with Gasteiger partial charge in [0.15, 0.2) is 0 Å². The average Bonchev–Trinajstić information content (AvgIpc) is 3.19. The first-order valence-electron chi connectivity index (χ1n) is 6.87. The Morgan fingerprint density at radius 1 is 1.41 bits per heavy atom. The molecule has 1 aliphatic heterocycles. The van der Waals surface area contributed by atoms with Crippen LogP contribution in [0.25, 0.3) is 0 Å². The topological polar surface area (TPSA) is 76.6 Å². The van der Waals surface area contributed by atoms with Crippen molar-refractivity contribution < 1.29 is 14.3 Å². The highest BCUT2D eigenvalue weighted by Crippen LogP contribution is 2.24. The van der Waals surface area contributed by atoms with E-state index in [0.717, 1.165) is 11.4 Å². The zero-order valence-electron chi connectivity index (χ0n) is 12.1. The van der Waals surface area contributed by atoms with E-state index >= 15 is 0 Å². The van der Waals surface area contributed by atoms with Gasteiger partial charge < -0.3 is 14.4 Å². The molecule has 2 amide bonds. The lowest BCUT2D eigenvalue weighted by molar-refractivity contribution is 0.182. The predicted octanol–water partition coefficient (Wildman–Crippen LogP) is 2.23. The van der Waals surface area contributed by atoms with Crippen LogP contribution in [0.15, 0.2) is 29.9 Å². The molecule has 7 nitrogen and oxygen atoms in total. The van der Waals surface area contributed by atoms with Crippen LogP contribution in [0.5, 0.6) is 11.8 Å². The number of ether oxygens (including phenoxy) is 2. The lowest BCUT2D eigenvalue weighted by Crippen LogP contribution is -2.34. The minimum atomic E-state index is -0.111. The second kappa shape index (κ2) is 6.61. The maximum Gasteiger partial charge on any atom is 0.322 e. The summed E-state index contributed by atoms with van der Waals surface area (Å²) < 4.78 is 10.9. The van der Waals surface area contributed by atoms with Gasteiger partial charge in [0.2, 0.25) is 0 Å². The Bertz CT molecular complexity index is 635. The monoisotopic (exact) mass is 320 g/mol. The molecule has 0 spiro atoms. The van der Waals surface area contributed by atoms with Crippen molar-refractivity contribution in [3.63, 3.8) is 0 Å². The number of urea groups is 1. The van der Waals surface area contributed by atoms with Crippen molar-refractivity contribution in [1.29, 1.82) is 0 Å². The summed E-state index contributed by atoms with van der Waals surface area (Å²) in [5.74, 6) is 0.708. The van der Waals surface area contributed by atoms with Crippen molar-refractivity contribution in [3.8, 4) is 11.8 Å². The molecule has 1 fully saturated rings. The zero-order chi connectivity index (χ0) is 15.4. The maximum atomic E-state index is 12.1. The minimum Gasteiger partial charge on any atom is -0.477 e. The fourth-order valence-electron chi connectivity index (χ4n) is 2.23. The molecule has 8 heteroatoms. The molecule has 1 aliphatic rings. The van der Waals surface area contributed by atoms with Gasteiger partial charge in [-0.3, -0.25) is 5.32 Å². The first kappa shape index (κ1) is 14.6. The van der Waals surface area contributed by atoms with E-state index in [4.69, 9.17) is 9.47 Å². The molecule has 22 heavy (non-hydrogen) atoms. The summed E-state index contributed by atoms with van der Waals surface area (Å²) in [6, 6.07) is 3.66. The third kappa shape index (κ3) is 3.28. The fraction of sp³-hybridized carbons (Fsp3) is 0.357. The van der Waals surface area contributed by atoms with E-state index in [-0.39, 0.29) is 12.1 Å². The van der Waals surface area contributed by atoms with Crippen LogP contribution < -0.4 is 14.8 Å². The Kier molecular flexibility index (Phi) is 4.38. The molecule has 2 aromatic heterocycles. The summed E-state index contributed by atoms with van der Waals surface area (Å²) in [5.41, 5.74) is 0. The molecule has 3 heterocycles. The number of aromatic nitrogens is 2. The predicted molar refractivity (Wildman–Crippen MR) is 82.5 cm³/mol.